The minimum absolute atomic E-state index is 0.150. The summed E-state index contributed by atoms with van der Waals surface area (Å²) in [4.78, 5) is 13.9. The highest BCUT2D eigenvalue weighted by molar-refractivity contribution is 5.79. The molecule has 0 unspecified atom stereocenters. The molecule has 1 aliphatic rings. The van der Waals surface area contributed by atoms with Crippen LogP contribution in [0.1, 0.15) is 29.5 Å². The number of nitrogens with zero attached hydrogens (tertiary/aromatic N) is 1. The average molecular weight is 246 g/mol. The molecular weight excluding hydrogens is 224 g/mol. The lowest BCUT2D eigenvalue weighted by Crippen LogP contribution is -2.45. The molecule has 1 aromatic rings. The Balaban J connectivity index is 1.96. The number of hydrogen-bond donors (Lipinski definition) is 1. The van der Waals surface area contributed by atoms with E-state index < -0.39 is 0 Å². The maximum Gasteiger partial charge on any atom is 0.225 e. The number of benzene rings is 1. The second-order valence-corrected chi connectivity index (χ2v) is 5.54. The molecule has 0 saturated heterocycles. The van der Waals surface area contributed by atoms with Gasteiger partial charge in [-0.15, -0.1) is 0 Å². The normalized spacial score (nSPS) is 22.4. The van der Waals surface area contributed by atoms with E-state index in [0.717, 1.165) is 12.8 Å². The van der Waals surface area contributed by atoms with Crippen molar-refractivity contribution in [3.8, 4) is 0 Å². The number of rotatable bonds is 3. The smallest absolute Gasteiger partial charge is 0.225 e. The number of amides is 1. The van der Waals surface area contributed by atoms with Gasteiger partial charge in [0.05, 0.1) is 0 Å². The quantitative estimate of drug-likeness (QED) is 0.886. The first kappa shape index (κ1) is 13.1. The first-order valence-corrected chi connectivity index (χ1v) is 6.54. The van der Waals surface area contributed by atoms with E-state index in [1.54, 1.807) is 0 Å². The van der Waals surface area contributed by atoms with Crippen molar-refractivity contribution in [3.05, 3.63) is 34.9 Å². The molecule has 0 atom stereocenters. The summed E-state index contributed by atoms with van der Waals surface area (Å²) in [6, 6.07) is 6.60. The minimum Gasteiger partial charge on any atom is -0.341 e. The second-order valence-electron chi connectivity index (χ2n) is 5.54. The van der Waals surface area contributed by atoms with Gasteiger partial charge in [0.2, 0.25) is 5.91 Å². The lowest BCUT2D eigenvalue weighted by Gasteiger charge is -2.34. The average Bonchev–Trinajstić information content (AvgIpc) is 2.29. The zero-order chi connectivity index (χ0) is 13.3. The molecule has 1 aliphatic carbocycles. The third kappa shape index (κ3) is 2.72. The molecule has 98 valence electrons. The van der Waals surface area contributed by atoms with Gasteiger partial charge < -0.3 is 10.6 Å². The van der Waals surface area contributed by atoms with Crippen LogP contribution >= 0.6 is 0 Å². The Morgan fingerprint density at radius 3 is 2.56 bits per heavy atom. The van der Waals surface area contributed by atoms with Crippen LogP contribution in [0.5, 0.6) is 0 Å². The van der Waals surface area contributed by atoms with Crippen molar-refractivity contribution in [2.75, 3.05) is 7.05 Å². The van der Waals surface area contributed by atoms with Gasteiger partial charge in [-0.3, -0.25) is 4.79 Å². The number of carbonyl (C=O) groups excluding carboxylic acids is 1. The highest BCUT2D eigenvalue weighted by atomic mass is 16.2. The number of aryl methyl sites for hydroxylation is 2. The molecule has 0 aliphatic heterocycles. The predicted octanol–water partition coefficient (Wildman–Crippen LogP) is 2.00. The Bertz CT molecular complexity index is 450. The van der Waals surface area contributed by atoms with Gasteiger partial charge in [0.15, 0.2) is 0 Å². The van der Waals surface area contributed by atoms with E-state index in [1.807, 2.05) is 11.9 Å². The number of hydrogen-bond acceptors (Lipinski definition) is 2. The van der Waals surface area contributed by atoms with E-state index >= 15 is 0 Å². The van der Waals surface area contributed by atoms with Crippen molar-refractivity contribution in [1.82, 2.24) is 4.90 Å². The molecule has 1 saturated carbocycles. The lowest BCUT2D eigenvalue weighted by atomic mass is 9.80. The summed E-state index contributed by atoms with van der Waals surface area (Å²) in [5.41, 5.74) is 9.48. The van der Waals surface area contributed by atoms with E-state index in [-0.39, 0.29) is 17.9 Å². The van der Waals surface area contributed by atoms with Crippen molar-refractivity contribution in [2.45, 2.75) is 39.3 Å². The standard InChI is InChI=1S/C15H22N2O/c1-10-4-5-12(6-11(10)2)9-17(3)15(18)13-7-14(16)8-13/h4-6,13-14H,7-9,16H2,1-3H3. The molecule has 1 aromatic carbocycles. The zero-order valence-corrected chi connectivity index (χ0v) is 11.4. The Morgan fingerprint density at radius 2 is 2.00 bits per heavy atom. The molecule has 0 spiro atoms. The van der Waals surface area contributed by atoms with Crippen LogP contribution in [0, 0.1) is 19.8 Å². The summed E-state index contributed by atoms with van der Waals surface area (Å²) >= 11 is 0. The molecular formula is C15H22N2O. The third-order valence-electron chi connectivity index (χ3n) is 3.89. The third-order valence-corrected chi connectivity index (χ3v) is 3.89. The molecule has 0 radical (unpaired) electrons. The topological polar surface area (TPSA) is 46.3 Å². The van der Waals surface area contributed by atoms with Crippen LogP contribution < -0.4 is 5.73 Å². The number of nitrogens with two attached hydrogens (primary N) is 1. The van der Waals surface area contributed by atoms with Gasteiger partial charge in [-0.1, -0.05) is 18.2 Å². The molecule has 0 aromatic heterocycles. The summed E-state index contributed by atoms with van der Waals surface area (Å²) in [5, 5.41) is 0. The Morgan fingerprint density at radius 1 is 1.33 bits per heavy atom. The van der Waals surface area contributed by atoms with Gasteiger partial charge in [0.1, 0.15) is 0 Å². The first-order valence-electron chi connectivity index (χ1n) is 6.54. The Hall–Kier alpha value is -1.35. The molecule has 1 amide bonds. The predicted molar refractivity (Wildman–Crippen MR) is 73.1 cm³/mol. The van der Waals surface area contributed by atoms with E-state index in [0.29, 0.717) is 6.54 Å². The summed E-state index contributed by atoms with van der Waals surface area (Å²) < 4.78 is 0. The van der Waals surface area contributed by atoms with Crippen LogP contribution in [0.25, 0.3) is 0 Å². The molecule has 2 rings (SSSR count). The molecule has 0 heterocycles. The van der Waals surface area contributed by atoms with Gasteiger partial charge in [-0.25, -0.2) is 0 Å². The molecule has 3 heteroatoms. The van der Waals surface area contributed by atoms with Gasteiger partial charge in [-0.05, 0) is 43.4 Å². The molecule has 0 bridgehead atoms. The number of carbonyl (C=O) groups is 1. The van der Waals surface area contributed by atoms with Gasteiger partial charge in [-0.2, -0.15) is 0 Å². The first-order chi connectivity index (χ1) is 8.47. The molecule has 1 fully saturated rings. The highest BCUT2D eigenvalue weighted by Crippen LogP contribution is 2.27. The minimum atomic E-state index is 0.150. The summed E-state index contributed by atoms with van der Waals surface area (Å²) in [6.07, 6.45) is 1.69. The Labute approximate surface area is 109 Å². The fourth-order valence-electron chi connectivity index (χ4n) is 2.43. The molecule has 2 N–H and O–H groups in total. The molecule has 18 heavy (non-hydrogen) atoms. The van der Waals surface area contributed by atoms with Crippen LogP contribution in [0.15, 0.2) is 18.2 Å². The fourth-order valence-corrected chi connectivity index (χ4v) is 2.43. The summed E-state index contributed by atoms with van der Waals surface area (Å²) in [6.45, 7) is 4.89. The van der Waals surface area contributed by atoms with Crippen LogP contribution in [-0.2, 0) is 11.3 Å². The lowest BCUT2D eigenvalue weighted by molar-refractivity contribution is -0.137. The van der Waals surface area contributed by atoms with Crippen molar-refractivity contribution >= 4 is 5.91 Å². The largest absolute Gasteiger partial charge is 0.341 e. The monoisotopic (exact) mass is 246 g/mol. The maximum atomic E-state index is 12.1. The van der Waals surface area contributed by atoms with E-state index in [9.17, 15) is 4.79 Å². The van der Waals surface area contributed by atoms with Crippen molar-refractivity contribution in [2.24, 2.45) is 11.7 Å². The van der Waals surface area contributed by atoms with Crippen LogP contribution in [0.3, 0.4) is 0 Å². The fraction of sp³-hybridized carbons (Fsp3) is 0.533. The van der Waals surface area contributed by atoms with Crippen LogP contribution in [-0.4, -0.2) is 23.9 Å². The van der Waals surface area contributed by atoms with Crippen molar-refractivity contribution in [3.63, 3.8) is 0 Å². The van der Waals surface area contributed by atoms with Crippen molar-refractivity contribution in [1.29, 1.82) is 0 Å². The van der Waals surface area contributed by atoms with Gasteiger partial charge >= 0.3 is 0 Å². The SMILES string of the molecule is Cc1ccc(CN(C)C(=O)C2CC(N)C2)cc1C. The van der Waals surface area contributed by atoms with E-state index in [1.165, 1.54) is 16.7 Å². The van der Waals surface area contributed by atoms with Crippen LogP contribution in [0.2, 0.25) is 0 Å². The highest BCUT2D eigenvalue weighted by Gasteiger charge is 2.33. The van der Waals surface area contributed by atoms with E-state index in [4.69, 9.17) is 5.73 Å². The maximum absolute atomic E-state index is 12.1. The Kier molecular flexibility index (Phi) is 3.71. The molecule has 3 nitrogen and oxygen atoms in total. The van der Waals surface area contributed by atoms with Crippen LogP contribution in [0.4, 0.5) is 0 Å². The van der Waals surface area contributed by atoms with Crippen molar-refractivity contribution < 1.29 is 4.79 Å². The summed E-state index contributed by atoms with van der Waals surface area (Å²) in [7, 11) is 1.88. The van der Waals surface area contributed by atoms with Gasteiger partial charge in [0.25, 0.3) is 0 Å². The second kappa shape index (κ2) is 5.11. The summed E-state index contributed by atoms with van der Waals surface area (Å²) in [5.74, 6) is 0.381. The zero-order valence-electron chi connectivity index (χ0n) is 11.4. The van der Waals surface area contributed by atoms with Gasteiger partial charge in [0, 0.05) is 25.6 Å². The van der Waals surface area contributed by atoms with E-state index in [2.05, 4.69) is 32.0 Å².